The number of benzene rings is 1. The Labute approximate surface area is 102 Å². The third kappa shape index (κ3) is 2.31. The van der Waals surface area contributed by atoms with Gasteiger partial charge in [-0.25, -0.2) is 4.99 Å². The first-order chi connectivity index (χ1) is 8.11. The molecule has 1 aliphatic heterocycles. The van der Waals surface area contributed by atoms with Gasteiger partial charge in [-0.05, 0) is 38.0 Å². The van der Waals surface area contributed by atoms with Crippen LogP contribution in [0.2, 0.25) is 0 Å². The quantitative estimate of drug-likeness (QED) is 0.716. The third-order valence-electron chi connectivity index (χ3n) is 3.06. The molecule has 0 unspecified atom stereocenters. The van der Waals surface area contributed by atoms with Crippen molar-refractivity contribution in [1.29, 1.82) is 0 Å². The average molecular weight is 227 g/mol. The van der Waals surface area contributed by atoms with Gasteiger partial charge >= 0.3 is 0 Å². The molecule has 0 N–H and O–H groups in total. The fourth-order valence-electron chi connectivity index (χ4n) is 1.79. The van der Waals surface area contributed by atoms with Gasteiger partial charge in [-0.2, -0.15) is 0 Å². The molecule has 1 aromatic carbocycles. The van der Waals surface area contributed by atoms with Crippen molar-refractivity contribution < 1.29 is 4.74 Å². The second kappa shape index (κ2) is 4.58. The highest BCUT2D eigenvalue weighted by Crippen LogP contribution is 2.26. The van der Waals surface area contributed by atoms with Crippen LogP contribution in [0.1, 0.15) is 25.0 Å². The van der Waals surface area contributed by atoms with E-state index in [1.54, 1.807) is 7.11 Å². The van der Waals surface area contributed by atoms with Crippen LogP contribution in [-0.2, 0) is 4.74 Å². The van der Waals surface area contributed by atoms with Gasteiger partial charge in [0.2, 0.25) is 5.90 Å². The predicted octanol–water partition coefficient (Wildman–Crippen LogP) is 3.73. The predicted molar refractivity (Wildman–Crippen MR) is 72.0 cm³/mol. The Morgan fingerprint density at radius 3 is 2.18 bits per heavy atom. The van der Waals surface area contributed by atoms with Crippen molar-refractivity contribution >= 4 is 12.0 Å². The molecule has 2 nitrogen and oxygen atoms in total. The molecule has 0 aromatic heterocycles. The fourth-order valence-corrected chi connectivity index (χ4v) is 1.79. The monoisotopic (exact) mass is 227 g/mol. The normalized spacial score (nSPS) is 17.6. The lowest BCUT2D eigenvalue weighted by Gasteiger charge is -1.98. The van der Waals surface area contributed by atoms with Crippen molar-refractivity contribution in [3.05, 3.63) is 52.2 Å². The Hall–Kier alpha value is -1.83. The number of nitrogens with zero attached hydrogens (tertiary/aromatic N) is 1. The molecule has 0 saturated carbocycles. The summed E-state index contributed by atoms with van der Waals surface area (Å²) >= 11 is 0. The summed E-state index contributed by atoms with van der Waals surface area (Å²) in [7, 11) is 1.66. The van der Waals surface area contributed by atoms with Crippen molar-refractivity contribution in [2.24, 2.45) is 4.99 Å². The number of hydrogen-bond donors (Lipinski definition) is 0. The Bertz CT molecular complexity index is 518. The number of methoxy groups -OCH3 is 1. The first kappa shape index (κ1) is 11.6. The standard InChI is InChI=1S/C15H17NO/c1-10-5-7-13(8-6-10)9-14-11(2)12(3)15(16-14)17-4/h5-9H,1-4H3. The van der Waals surface area contributed by atoms with Crippen molar-refractivity contribution in [3.8, 4) is 0 Å². The van der Waals surface area contributed by atoms with Crippen LogP contribution in [0.3, 0.4) is 0 Å². The van der Waals surface area contributed by atoms with Gasteiger partial charge in [-0.1, -0.05) is 29.8 Å². The lowest BCUT2D eigenvalue weighted by Crippen LogP contribution is -1.98. The third-order valence-corrected chi connectivity index (χ3v) is 3.06. The van der Waals surface area contributed by atoms with Crippen LogP contribution in [-0.4, -0.2) is 13.0 Å². The Kier molecular flexibility index (Phi) is 3.14. The zero-order chi connectivity index (χ0) is 12.4. The maximum absolute atomic E-state index is 5.23. The van der Waals surface area contributed by atoms with Crippen LogP contribution in [0.15, 0.2) is 46.1 Å². The lowest BCUT2D eigenvalue weighted by atomic mass is 10.1. The SMILES string of the molecule is COC1=NC(=Cc2ccc(C)cc2)C(C)=C1C. The summed E-state index contributed by atoms with van der Waals surface area (Å²) < 4.78 is 5.23. The van der Waals surface area contributed by atoms with Crippen LogP contribution >= 0.6 is 0 Å². The summed E-state index contributed by atoms with van der Waals surface area (Å²) in [5, 5.41) is 0. The number of ether oxygens (including phenoxy) is 1. The molecule has 0 saturated heterocycles. The fraction of sp³-hybridized carbons (Fsp3) is 0.267. The van der Waals surface area contributed by atoms with Crippen molar-refractivity contribution in [1.82, 2.24) is 0 Å². The van der Waals surface area contributed by atoms with Crippen LogP contribution in [0.5, 0.6) is 0 Å². The summed E-state index contributed by atoms with van der Waals surface area (Å²) in [5.74, 6) is 0.723. The summed E-state index contributed by atoms with van der Waals surface area (Å²) in [6.45, 7) is 6.20. The van der Waals surface area contributed by atoms with Gasteiger partial charge in [-0.3, -0.25) is 0 Å². The molecule has 0 amide bonds. The van der Waals surface area contributed by atoms with Gasteiger partial charge in [0.25, 0.3) is 0 Å². The van der Waals surface area contributed by atoms with E-state index in [0.29, 0.717) is 0 Å². The van der Waals surface area contributed by atoms with Crippen LogP contribution < -0.4 is 0 Å². The summed E-state index contributed by atoms with van der Waals surface area (Å²) in [6.07, 6.45) is 2.09. The van der Waals surface area contributed by atoms with Crippen LogP contribution in [0.4, 0.5) is 0 Å². The van der Waals surface area contributed by atoms with Gasteiger partial charge < -0.3 is 4.74 Å². The highest BCUT2D eigenvalue weighted by Gasteiger charge is 2.17. The average Bonchev–Trinajstić information content (AvgIpc) is 2.60. The molecule has 0 radical (unpaired) electrons. The largest absolute Gasteiger partial charge is 0.481 e. The lowest BCUT2D eigenvalue weighted by molar-refractivity contribution is 0.404. The van der Waals surface area contributed by atoms with Gasteiger partial charge in [0.05, 0.1) is 12.8 Å². The van der Waals surface area contributed by atoms with E-state index in [1.807, 2.05) is 6.92 Å². The molecule has 0 fully saturated rings. The van der Waals surface area contributed by atoms with Crippen LogP contribution in [0, 0.1) is 6.92 Å². The molecular weight excluding hydrogens is 210 g/mol. The highest BCUT2D eigenvalue weighted by molar-refractivity contribution is 5.99. The Morgan fingerprint density at radius 1 is 1.00 bits per heavy atom. The second-order valence-electron chi connectivity index (χ2n) is 4.31. The number of aryl methyl sites for hydroxylation is 1. The number of allylic oxidation sites excluding steroid dienone is 1. The van der Waals surface area contributed by atoms with E-state index in [0.717, 1.165) is 17.2 Å². The smallest absolute Gasteiger partial charge is 0.216 e. The molecule has 2 rings (SSSR count). The van der Waals surface area contributed by atoms with E-state index in [9.17, 15) is 0 Å². The molecule has 0 spiro atoms. The minimum atomic E-state index is 0.723. The molecule has 0 aliphatic carbocycles. The first-order valence-electron chi connectivity index (χ1n) is 5.71. The molecule has 1 heterocycles. The Balaban J connectivity index is 2.36. The molecule has 0 bridgehead atoms. The number of aliphatic imine (C=N–C) groups is 1. The van der Waals surface area contributed by atoms with E-state index in [1.165, 1.54) is 16.7 Å². The molecule has 17 heavy (non-hydrogen) atoms. The van der Waals surface area contributed by atoms with E-state index >= 15 is 0 Å². The summed E-state index contributed by atoms with van der Waals surface area (Å²) in [6, 6.07) is 8.42. The van der Waals surface area contributed by atoms with E-state index in [4.69, 9.17) is 4.74 Å². The first-order valence-corrected chi connectivity index (χ1v) is 5.71. The molecule has 88 valence electrons. The zero-order valence-corrected chi connectivity index (χ0v) is 10.7. The zero-order valence-electron chi connectivity index (χ0n) is 10.7. The van der Waals surface area contributed by atoms with Gasteiger partial charge in [0.1, 0.15) is 0 Å². The van der Waals surface area contributed by atoms with Crippen LogP contribution in [0.25, 0.3) is 6.08 Å². The molecule has 1 aromatic rings. The maximum Gasteiger partial charge on any atom is 0.216 e. The van der Waals surface area contributed by atoms with E-state index in [2.05, 4.69) is 49.2 Å². The maximum atomic E-state index is 5.23. The molecule has 2 heteroatoms. The molecule has 0 atom stereocenters. The highest BCUT2D eigenvalue weighted by atomic mass is 16.5. The van der Waals surface area contributed by atoms with Crippen molar-refractivity contribution in [3.63, 3.8) is 0 Å². The topological polar surface area (TPSA) is 21.6 Å². The van der Waals surface area contributed by atoms with Crippen molar-refractivity contribution in [2.75, 3.05) is 7.11 Å². The van der Waals surface area contributed by atoms with E-state index in [-0.39, 0.29) is 0 Å². The van der Waals surface area contributed by atoms with Gasteiger partial charge in [0, 0.05) is 5.57 Å². The van der Waals surface area contributed by atoms with E-state index < -0.39 is 0 Å². The minimum Gasteiger partial charge on any atom is -0.481 e. The second-order valence-corrected chi connectivity index (χ2v) is 4.31. The molecule has 1 aliphatic rings. The molecular formula is C15H17NO. The van der Waals surface area contributed by atoms with Gasteiger partial charge in [-0.15, -0.1) is 0 Å². The summed E-state index contributed by atoms with van der Waals surface area (Å²) in [4.78, 5) is 4.47. The van der Waals surface area contributed by atoms with Gasteiger partial charge in [0.15, 0.2) is 0 Å². The Morgan fingerprint density at radius 2 is 1.65 bits per heavy atom. The minimum absolute atomic E-state index is 0.723. The number of rotatable bonds is 1. The van der Waals surface area contributed by atoms with Crippen molar-refractivity contribution in [2.45, 2.75) is 20.8 Å². The summed E-state index contributed by atoms with van der Waals surface area (Å²) in [5.41, 5.74) is 5.72. The number of hydrogen-bond acceptors (Lipinski definition) is 2.